The van der Waals surface area contributed by atoms with Crippen molar-refractivity contribution in [2.24, 2.45) is 17.3 Å². The second-order valence-corrected chi connectivity index (χ2v) is 7.78. The Kier molecular flexibility index (Phi) is 3.66. The summed E-state index contributed by atoms with van der Waals surface area (Å²) >= 11 is 0. The summed E-state index contributed by atoms with van der Waals surface area (Å²) in [6, 6.07) is 2.01. The van der Waals surface area contributed by atoms with Crippen molar-refractivity contribution in [3.8, 4) is 6.07 Å². The van der Waals surface area contributed by atoms with Crippen molar-refractivity contribution in [1.82, 2.24) is 10.6 Å². The molecule has 120 valence electrons. The third kappa shape index (κ3) is 2.84. The Morgan fingerprint density at radius 3 is 2.36 bits per heavy atom. The Bertz CT molecular complexity index is 527. The number of rotatable bonds is 6. The molecule has 0 bridgehead atoms. The van der Waals surface area contributed by atoms with Gasteiger partial charge in [0.2, 0.25) is 11.8 Å². The minimum Gasteiger partial charge on any atom is -0.352 e. The first-order valence-corrected chi connectivity index (χ1v) is 8.42. The second-order valence-electron chi connectivity index (χ2n) is 7.78. The molecule has 3 saturated carbocycles. The van der Waals surface area contributed by atoms with Crippen LogP contribution in [0.5, 0.6) is 0 Å². The highest BCUT2D eigenvalue weighted by Crippen LogP contribution is 2.65. The van der Waals surface area contributed by atoms with Crippen molar-refractivity contribution in [1.29, 1.82) is 5.26 Å². The average molecular weight is 303 g/mol. The summed E-state index contributed by atoms with van der Waals surface area (Å²) < 4.78 is 0. The first-order chi connectivity index (χ1) is 10.4. The van der Waals surface area contributed by atoms with E-state index in [0.29, 0.717) is 5.41 Å². The number of nitriles is 1. The second kappa shape index (κ2) is 5.26. The zero-order valence-electron chi connectivity index (χ0n) is 13.4. The Morgan fingerprint density at radius 2 is 1.95 bits per heavy atom. The maximum atomic E-state index is 12.4. The van der Waals surface area contributed by atoms with Crippen LogP contribution in [0.25, 0.3) is 0 Å². The van der Waals surface area contributed by atoms with Crippen LogP contribution in [0.4, 0.5) is 0 Å². The fourth-order valence-electron chi connectivity index (χ4n) is 3.55. The molecule has 2 atom stereocenters. The molecule has 3 aliphatic carbocycles. The number of carbonyl (C=O) groups is 2. The van der Waals surface area contributed by atoms with Crippen molar-refractivity contribution in [3.05, 3.63) is 0 Å². The minimum absolute atomic E-state index is 0.118. The van der Waals surface area contributed by atoms with E-state index in [0.717, 1.165) is 19.3 Å². The highest BCUT2D eigenvalue weighted by molar-refractivity contribution is 5.84. The SMILES string of the molecule is CC(C)[C@H](CC(=O)NC1(C#N)CC1)NC(=O)C1CC12CCC2. The van der Waals surface area contributed by atoms with Gasteiger partial charge in [-0.3, -0.25) is 9.59 Å². The average Bonchev–Trinajstić information content (AvgIpc) is 3.30. The number of nitrogens with one attached hydrogen (secondary N) is 2. The fourth-order valence-corrected chi connectivity index (χ4v) is 3.55. The van der Waals surface area contributed by atoms with Gasteiger partial charge in [-0.05, 0) is 43.4 Å². The number of nitrogens with zero attached hydrogens (tertiary/aromatic N) is 1. The van der Waals surface area contributed by atoms with Gasteiger partial charge in [0.05, 0.1) is 6.07 Å². The predicted octanol–water partition coefficient (Wildman–Crippen LogP) is 1.88. The third-order valence-corrected chi connectivity index (χ3v) is 5.74. The molecule has 0 saturated heterocycles. The summed E-state index contributed by atoms with van der Waals surface area (Å²) in [6.45, 7) is 4.03. The molecule has 0 aromatic carbocycles. The lowest BCUT2D eigenvalue weighted by atomic mass is 9.79. The Labute approximate surface area is 131 Å². The molecular formula is C17H25N3O2. The molecule has 1 spiro atoms. The number of amides is 2. The van der Waals surface area contributed by atoms with E-state index in [2.05, 4.69) is 16.7 Å². The van der Waals surface area contributed by atoms with Gasteiger partial charge in [-0.15, -0.1) is 0 Å². The normalized spacial score (nSPS) is 27.5. The van der Waals surface area contributed by atoms with Crippen LogP contribution >= 0.6 is 0 Å². The molecule has 5 nitrogen and oxygen atoms in total. The molecule has 2 N–H and O–H groups in total. The molecule has 2 amide bonds. The standard InChI is InChI=1S/C17H25N3O2/c1-11(2)13(8-14(21)20-17(10-18)6-7-17)19-15(22)12-9-16(12)4-3-5-16/h11-13H,3-9H2,1-2H3,(H,19,22)(H,20,21)/t12?,13-/m0/s1. The zero-order valence-corrected chi connectivity index (χ0v) is 13.4. The first kappa shape index (κ1) is 15.3. The van der Waals surface area contributed by atoms with Crippen LogP contribution in [0.15, 0.2) is 0 Å². The van der Waals surface area contributed by atoms with E-state index in [4.69, 9.17) is 5.26 Å². The van der Waals surface area contributed by atoms with Crippen molar-refractivity contribution in [2.45, 2.75) is 70.4 Å². The van der Waals surface area contributed by atoms with Crippen molar-refractivity contribution in [2.75, 3.05) is 0 Å². The fraction of sp³-hybridized carbons (Fsp3) is 0.824. The van der Waals surface area contributed by atoms with Crippen LogP contribution in [0.3, 0.4) is 0 Å². The number of hydrogen-bond acceptors (Lipinski definition) is 3. The highest BCUT2D eigenvalue weighted by Gasteiger charge is 2.61. The van der Waals surface area contributed by atoms with Gasteiger partial charge < -0.3 is 10.6 Å². The Morgan fingerprint density at radius 1 is 1.27 bits per heavy atom. The number of hydrogen-bond donors (Lipinski definition) is 2. The zero-order chi connectivity index (χ0) is 16.0. The van der Waals surface area contributed by atoms with E-state index >= 15 is 0 Å². The van der Waals surface area contributed by atoms with E-state index < -0.39 is 5.54 Å². The van der Waals surface area contributed by atoms with Crippen LogP contribution in [0, 0.1) is 28.6 Å². The van der Waals surface area contributed by atoms with Crippen LogP contribution in [0.1, 0.15) is 58.8 Å². The molecule has 22 heavy (non-hydrogen) atoms. The molecule has 3 fully saturated rings. The van der Waals surface area contributed by atoms with Gasteiger partial charge in [0.15, 0.2) is 0 Å². The quantitative estimate of drug-likeness (QED) is 0.786. The minimum atomic E-state index is -0.630. The molecule has 0 aromatic heterocycles. The molecule has 3 aliphatic rings. The van der Waals surface area contributed by atoms with Gasteiger partial charge in [0.25, 0.3) is 0 Å². The maximum Gasteiger partial charge on any atom is 0.223 e. The van der Waals surface area contributed by atoms with E-state index in [1.165, 1.54) is 19.3 Å². The molecular weight excluding hydrogens is 278 g/mol. The van der Waals surface area contributed by atoms with E-state index in [1.54, 1.807) is 0 Å². The Hall–Kier alpha value is -1.57. The molecule has 1 unspecified atom stereocenters. The van der Waals surface area contributed by atoms with Gasteiger partial charge in [-0.25, -0.2) is 0 Å². The topological polar surface area (TPSA) is 82.0 Å². The predicted molar refractivity (Wildman–Crippen MR) is 81.5 cm³/mol. The van der Waals surface area contributed by atoms with E-state index in [-0.39, 0.29) is 36.1 Å². The van der Waals surface area contributed by atoms with Crippen molar-refractivity contribution >= 4 is 11.8 Å². The molecule has 0 heterocycles. The molecule has 0 radical (unpaired) electrons. The highest BCUT2D eigenvalue weighted by atomic mass is 16.2. The number of carbonyl (C=O) groups excluding carboxylic acids is 2. The van der Waals surface area contributed by atoms with Crippen LogP contribution < -0.4 is 10.6 Å². The molecule has 3 rings (SSSR count). The first-order valence-electron chi connectivity index (χ1n) is 8.42. The lowest BCUT2D eigenvalue weighted by Gasteiger charge is -2.28. The van der Waals surface area contributed by atoms with Gasteiger partial charge in [0, 0.05) is 18.4 Å². The van der Waals surface area contributed by atoms with Crippen LogP contribution in [-0.4, -0.2) is 23.4 Å². The van der Waals surface area contributed by atoms with Gasteiger partial charge in [-0.1, -0.05) is 20.3 Å². The van der Waals surface area contributed by atoms with E-state index in [9.17, 15) is 9.59 Å². The molecule has 0 aromatic rings. The Balaban J connectivity index is 1.51. The largest absolute Gasteiger partial charge is 0.352 e. The summed E-state index contributed by atoms with van der Waals surface area (Å²) in [5.74, 6) is 0.349. The summed E-state index contributed by atoms with van der Waals surface area (Å²) in [7, 11) is 0. The molecule has 0 aliphatic heterocycles. The summed E-state index contributed by atoms with van der Waals surface area (Å²) in [5.41, 5.74) is -0.318. The van der Waals surface area contributed by atoms with Crippen LogP contribution in [-0.2, 0) is 9.59 Å². The van der Waals surface area contributed by atoms with Gasteiger partial charge in [0.1, 0.15) is 5.54 Å². The summed E-state index contributed by atoms with van der Waals surface area (Å²) in [5, 5.41) is 14.9. The molecule has 5 heteroatoms. The monoisotopic (exact) mass is 303 g/mol. The van der Waals surface area contributed by atoms with E-state index in [1.807, 2.05) is 13.8 Å². The van der Waals surface area contributed by atoms with Gasteiger partial charge >= 0.3 is 0 Å². The summed E-state index contributed by atoms with van der Waals surface area (Å²) in [6.07, 6.45) is 6.36. The third-order valence-electron chi connectivity index (χ3n) is 5.74. The van der Waals surface area contributed by atoms with Crippen LogP contribution in [0.2, 0.25) is 0 Å². The smallest absolute Gasteiger partial charge is 0.223 e. The van der Waals surface area contributed by atoms with Crippen molar-refractivity contribution in [3.63, 3.8) is 0 Å². The van der Waals surface area contributed by atoms with Crippen molar-refractivity contribution < 1.29 is 9.59 Å². The lowest BCUT2D eigenvalue weighted by molar-refractivity contribution is -0.126. The lowest BCUT2D eigenvalue weighted by Crippen LogP contribution is -2.45. The summed E-state index contributed by atoms with van der Waals surface area (Å²) in [4.78, 5) is 24.5. The van der Waals surface area contributed by atoms with Gasteiger partial charge in [-0.2, -0.15) is 5.26 Å². The maximum absolute atomic E-state index is 12.4.